The van der Waals surface area contributed by atoms with Gasteiger partial charge in [0.1, 0.15) is 11.5 Å². The Bertz CT molecular complexity index is 925. The average Bonchev–Trinajstić information content (AvgIpc) is 2.55. The van der Waals surface area contributed by atoms with Gasteiger partial charge in [-0.1, -0.05) is 41.4 Å². The molecule has 3 aromatic rings. The van der Waals surface area contributed by atoms with Crippen molar-refractivity contribution in [3.63, 3.8) is 0 Å². The minimum absolute atomic E-state index is 0.0219. The van der Waals surface area contributed by atoms with Gasteiger partial charge in [-0.05, 0) is 30.7 Å². The Labute approximate surface area is 142 Å². The van der Waals surface area contributed by atoms with Gasteiger partial charge in [0.2, 0.25) is 5.95 Å². The van der Waals surface area contributed by atoms with Crippen LogP contribution in [0.15, 0.2) is 47.3 Å². The van der Waals surface area contributed by atoms with E-state index in [1.807, 2.05) is 31.2 Å². The molecule has 0 aliphatic carbocycles. The maximum absolute atomic E-state index is 13.1. The molecule has 0 amide bonds. The number of anilines is 2. The van der Waals surface area contributed by atoms with Crippen LogP contribution < -0.4 is 10.9 Å². The minimum Gasteiger partial charge on any atom is -0.324 e. The van der Waals surface area contributed by atoms with Crippen molar-refractivity contribution < 1.29 is 4.39 Å². The summed E-state index contributed by atoms with van der Waals surface area (Å²) in [5.41, 5.74) is 2.61. The van der Waals surface area contributed by atoms with Gasteiger partial charge in [-0.3, -0.25) is 9.78 Å². The summed E-state index contributed by atoms with van der Waals surface area (Å²) in [6.07, 6.45) is 0.394. The number of halogens is 2. The summed E-state index contributed by atoms with van der Waals surface area (Å²) in [5.74, 6) is -0.356. The van der Waals surface area contributed by atoms with Gasteiger partial charge in [0.15, 0.2) is 0 Å². The number of hydrogen-bond acceptors (Lipinski definition) is 4. The minimum atomic E-state index is -0.518. The molecule has 2 N–H and O–H groups in total. The van der Waals surface area contributed by atoms with Crippen molar-refractivity contribution in [1.29, 1.82) is 0 Å². The second-order valence-electron chi connectivity index (χ2n) is 5.37. The second kappa shape index (κ2) is 6.80. The van der Waals surface area contributed by atoms with E-state index in [0.29, 0.717) is 17.8 Å². The second-order valence-corrected chi connectivity index (χ2v) is 5.77. The van der Waals surface area contributed by atoms with Crippen LogP contribution in [-0.4, -0.2) is 15.2 Å². The first kappa shape index (κ1) is 16.1. The quantitative estimate of drug-likeness (QED) is 0.758. The zero-order chi connectivity index (χ0) is 17.1. The Morgan fingerprint density at radius 1 is 1.17 bits per heavy atom. The Kier molecular flexibility index (Phi) is 4.57. The predicted octanol–water partition coefficient (Wildman–Crippen LogP) is 3.60. The van der Waals surface area contributed by atoms with Crippen molar-refractivity contribution in [3.05, 3.63) is 80.5 Å². The fourth-order valence-corrected chi connectivity index (χ4v) is 2.32. The van der Waals surface area contributed by atoms with E-state index in [0.717, 1.165) is 11.1 Å². The van der Waals surface area contributed by atoms with Crippen LogP contribution in [0.1, 0.15) is 16.8 Å². The van der Waals surface area contributed by atoms with Gasteiger partial charge in [-0.15, -0.1) is 10.2 Å². The van der Waals surface area contributed by atoms with Crippen LogP contribution in [-0.2, 0) is 6.42 Å². The standard InChI is InChI=1S/C17H14ClFN4O/c1-10-2-4-11(5-3-10)8-15-16(24)21-17(23-22-15)20-12-6-7-14(19)13(18)9-12/h2-7,9H,8H2,1H3,(H2,20,21,23,24). The summed E-state index contributed by atoms with van der Waals surface area (Å²) in [7, 11) is 0. The summed E-state index contributed by atoms with van der Waals surface area (Å²) >= 11 is 5.71. The van der Waals surface area contributed by atoms with Crippen LogP contribution in [0.2, 0.25) is 5.02 Å². The number of aromatic nitrogens is 3. The average molecular weight is 345 g/mol. The molecule has 0 aliphatic heterocycles. The molecule has 24 heavy (non-hydrogen) atoms. The van der Waals surface area contributed by atoms with E-state index in [2.05, 4.69) is 20.5 Å². The first-order valence-corrected chi connectivity index (χ1v) is 7.62. The van der Waals surface area contributed by atoms with Gasteiger partial charge in [-0.25, -0.2) is 4.39 Å². The van der Waals surface area contributed by atoms with E-state index in [1.165, 1.54) is 18.2 Å². The number of nitrogens with zero attached hydrogens (tertiary/aromatic N) is 2. The van der Waals surface area contributed by atoms with E-state index < -0.39 is 5.82 Å². The largest absolute Gasteiger partial charge is 0.324 e. The normalized spacial score (nSPS) is 10.6. The van der Waals surface area contributed by atoms with Crippen LogP contribution in [0.25, 0.3) is 0 Å². The predicted molar refractivity (Wildman–Crippen MR) is 91.3 cm³/mol. The molecule has 0 fully saturated rings. The van der Waals surface area contributed by atoms with Crippen LogP contribution >= 0.6 is 11.6 Å². The molecule has 0 saturated carbocycles. The van der Waals surface area contributed by atoms with Crippen molar-refractivity contribution in [1.82, 2.24) is 15.2 Å². The molecule has 0 saturated heterocycles. The summed E-state index contributed by atoms with van der Waals surface area (Å²) in [6, 6.07) is 12.0. The molecule has 5 nitrogen and oxygen atoms in total. The van der Waals surface area contributed by atoms with Crippen molar-refractivity contribution in [2.45, 2.75) is 13.3 Å². The lowest BCUT2D eigenvalue weighted by Gasteiger charge is -2.06. The lowest BCUT2D eigenvalue weighted by molar-refractivity contribution is 0.628. The Morgan fingerprint density at radius 2 is 1.92 bits per heavy atom. The summed E-state index contributed by atoms with van der Waals surface area (Å²) in [4.78, 5) is 14.8. The third-order valence-electron chi connectivity index (χ3n) is 3.44. The van der Waals surface area contributed by atoms with Gasteiger partial charge in [0.05, 0.1) is 5.02 Å². The van der Waals surface area contributed by atoms with Crippen molar-refractivity contribution in [3.8, 4) is 0 Å². The van der Waals surface area contributed by atoms with Gasteiger partial charge < -0.3 is 5.32 Å². The summed E-state index contributed by atoms with van der Waals surface area (Å²) < 4.78 is 13.1. The monoisotopic (exact) mass is 344 g/mol. The van der Waals surface area contributed by atoms with Gasteiger partial charge in [0, 0.05) is 12.1 Å². The number of hydrogen-bond donors (Lipinski definition) is 2. The van der Waals surface area contributed by atoms with Crippen LogP contribution in [0.5, 0.6) is 0 Å². The van der Waals surface area contributed by atoms with Crippen LogP contribution in [0.3, 0.4) is 0 Å². The van der Waals surface area contributed by atoms with E-state index >= 15 is 0 Å². The molecule has 0 unspecified atom stereocenters. The highest BCUT2D eigenvalue weighted by molar-refractivity contribution is 6.31. The molecular formula is C17H14ClFN4O. The van der Waals surface area contributed by atoms with E-state index in [1.54, 1.807) is 0 Å². The molecule has 3 rings (SSSR count). The zero-order valence-electron chi connectivity index (χ0n) is 12.8. The molecule has 0 spiro atoms. The fourth-order valence-electron chi connectivity index (χ4n) is 2.14. The van der Waals surface area contributed by atoms with Gasteiger partial charge in [0.25, 0.3) is 5.56 Å². The Balaban J connectivity index is 1.78. The number of benzene rings is 2. The number of aryl methyl sites for hydroxylation is 1. The van der Waals surface area contributed by atoms with Crippen molar-refractivity contribution in [2.24, 2.45) is 0 Å². The maximum atomic E-state index is 13.1. The summed E-state index contributed by atoms with van der Waals surface area (Å²) in [5, 5.41) is 10.7. The topological polar surface area (TPSA) is 70.7 Å². The molecule has 2 aromatic carbocycles. The van der Waals surface area contributed by atoms with Crippen LogP contribution in [0.4, 0.5) is 16.0 Å². The molecule has 0 bridgehead atoms. The SMILES string of the molecule is Cc1ccc(Cc2nnc(Nc3ccc(F)c(Cl)c3)[nH]c2=O)cc1. The lowest BCUT2D eigenvalue weighted by Crippen LogP contribution is -2.18. The number of rotatable bonds is 4. The Hall–Kier alpha value is -2.73. The van der Waals surface area contributed by atoms with E-state index in [-0.39, 0.29) is 16.5 Å². The van der Waals surface area contributed by atoms with Crippen molar-refractivity contribution in [2.75, 3.05) is 5.32 Å². The molecule has 7 heteroatoms. The Morgan fingerprint density at radius 3 is 2.58 bits per heavy atom. The highest BCUT2D eigenvalue weighted by atomic mass is 35.5. The first-order valence-electron chi connectivity index (χ1n) is 7.25. The molecule has 0 aliphatic rings. The first-order chi connectivity index (χ1) is 11.5. The van der Waals surface area contributed by atoms with E-state index in [9.17, 15) is 9.18 Å². The number of H-pyrrole nitrogens is 1. The number of nitrogens with one attached hydrogen (secondary N) is 2. The number of aromatic amines is 1. The molecule has 1 aromatic heterocycles. The molecule has 0 radical (unpaired) electrons. The highest BCUT2D eigenvalue weighted by Crippen LogP contribution is 2.20. The zero-order valence-corrected chi connectivity index (χ0v) is 13.6. The van der Waals surface area contributed by atoms with Crippen molar-refractivity contribution >= 4 is 23.2 Å². The third kappa shape index (κ3) is 3.78. The van der Waals surface area contributed by atoms with E-state index in [4.69, 9.17) is 11.6 Å². The summed E-state index contributed by atoms with van der Waals surface area (Å²) in [6.45, 7) is 2.00. The van der Waals surface area contributed by atoms with Gasteiger partial charge >= 0.3 is 0 Å². The smallest absolute Gasteiger partial charge is 0.274 e. The third-order valence-corrected chi connectivity index (χ3v) is 3.73. The fraction of sp³-hybridized carbons (Fsp3) is 0.118. The molecule has 0 atom stereocenters. The molecule has 1 heterocycles. The molecular weight excluding hydrogens is 331 g/mol. The maximum Gasteiger partial charge on any atom is 0.274 e. The molecule has 122 valence electrons. The van der Waals surface area contributed by atoms with Gasteiger partial charge in [-0.2, -0.15) is 0 Å². The van der Waals surface area contributed by atoms with Crippen LogP contribution in [0, 0.1) is 12.7 Å². The lowest BCUT2D eigenvalue weighted by atomic mass is 10.1. The highest BCUT2D eigenvalue weighted by Gasteiger charge is 2.07.